The summed E-state index contributed by atoms with van der Waals surface area (Å²) in [7, 11) is 2.07. The van der Waals surface area contributed by atoms with Gasteiger partial charge in [0.05, 0.1) is 0 Å². The van der Waals surface area contributed by atoms with Gasteiger partial charge in [0.1, 0.15) is 0 Å². The number of aryl methyl sites for hydroxylation is 1. The number of hydrogen-bond acceptors (Lipinski definition) is 1. The summed E-state index contributed by atoms with van der Waals surface area (Å²) >= 11 is 0. The van der Waals surface area contributed by atoms with Gasteiger partial charge in [0.2, 0.25) is 0 Å². The number of benzene rings is 1. The van der Waals surface area contributed by atoms with Crippen LogP contribution < -0.4 is 5.32 Å². The molecular weight excluding hydrogens is 184 g/mol. The first-order chi connectivity index (χ1) is 7.16. The monoisotopic (exact) mass is 202 g/mol. The van der Waals surface area contributed by atoms with E-state index in [9.17, 15) is 0 Å². The molecule has 0 atom stereocenters. The fourth-order valence-electron chi connectivity index (χ4n) is 1.71. The summed E-state index contributed by atoms with van der Waals surface area (Å²) < 4.78 is 2.14. The van der Waals surface area contributed by atoms with Crippen LogP contribution in [0.1, 0.15) is 13.8 Å². The summed E-state index contributed by atoms with van der Waals surface area (Å²) in [5.74, 6) is 0.677. The molecule has 2 heteroatoms. The van der Waals surface area contributed by atoms with Crippen molar-refractivity contribution in [3.05, 3.63) is 30.5 Å². The van der Waals surface area contributed by atoms with E-state index in [2.05, 4.69) is 61.2 Å². The highest BCUT2D eigenvalue weighted by Gasteiger charge is 1.99. The van der Waals surface area contributed by atoms with Gasteiger partial charge in [-0.1, -0.05) is 13.8 Å². The van der Waals surface area contributed by atoms with Crippen LogP contribution in [0.15, 0.2) is 30.5 Å². The molecule has 2 rings (SSSR count). The zero-order valence-electron chi connectivity index (χ0n) is 9.62. The molecule has 2 aromatic rings. The molecule has 2 nitrogen and oxygen atoms in total. The third kappa shape index (κ3) is 2.14. The highest BCUT2D eigenvalue weighted by Crippen LogP contribution is 2.19. The van der Waals surface area contributed by atoms with Gasteiger partial charge in [-0.15, -0.1) is 0 Å². The predicted molar refractivity (Wildman–Crippen MR) is 66.2 cm³/mol. The van der Waals surface area contributed by atoms with Gasteiger partial charge in [-0.25, -0.2) is 0 Å². The van der Waals surface area contributed by atoms with Crippen LogP contribution in [0.4, 0.5) is 5.69 Å². The molecule has 80 valence electrons. The van der Waals surface area contributed by atoms with Crippen LogP contribution in [0.3, 0.4) is 0 Å². The lowest BCUT2D eigenvalue weighted by atomic mass is 10.2. The Morgan fingerprint density at radius 3 is 2.80 bits per heavy atom. The van der Waals surface area contributed by atoms with Gasteiger partial charge in [-0.3, -0.25) is 0 Å². The molecule has 0 spiro atoms. The third-order valence-electron chi connectivity index (χ3n) is 2.60. The minimum atomic E-state index is 0.677. The summed E-state index contributed by atoms with van der Waals surface area (Å²) in [6, 6.07) is 8.66. The smallest absolute Gasteiger partial charge is 0.0479 e. The van der Waals surface area contributed by atoms with Crippen molar-refractivity contribution in [2.24, 2.45) is 13.0 Å². The maximum absolute atomic E-state index is 3.44. The van der Waals surface area contributed by atoms with Crippen LogP contribution in [-0.4, -0.2) is 11.1 Å². The Morgan fingerprint density at radius 2 is 2.07 bits per heavy atom. The summed E-state index contributed by atoms with van der Waals surface area (Å²) in [4.78, 5) is 0. The minimum Gasteiger partial charge on any atom is -0.385 e. The molecule has 1 aromatic carbocycles. The quantitative estimate of drug-likeness (QED) is 0.808. The molecule has 0 aliphatic heterocycles. The van der Waals surface area contributed by atoms with Crippen molar-refractivity contribution in [1.29, 1.82) is 0 Å². The van der Waals surface area contributed by atoms with Crippen LogP contribution in [0.25, 0.3) is 10.9 Å². The number of nitrogens with zero attached hydrogens (tertiary/aromatic N) is 1. The molecule has 0 radical (unpaired) electrons. The van der Waals surface area contributed by atoms with Gasteiger partial charge in [0.15, 0.2) is 0 Å². The van der Waals surface area contributed by atoms with Crippen LogP contribution in [0.5, 0.6) is 0 Å². The highest BCUT2D eigenvalue weighted by atomic mass is 14.9. The van der Waals surface area contributed by atoms with Gasteiger partial charge in [-0.05, 0) is 30.2 Å². The summed E-state index contributed by atoms with van der Waals surface area (Å²) in [5.41, 5.74) is 2.49. The Balaban J connectivity index is 2.23. The van der Waals surface area contributed by atoms with Crippen molar-refractivity contribution in [2.75, 3.05) is 11.9 Å². The van der Waals surface area contributed by atoms with E-state index >= 15 is 0 Å². The van der Waals surface area contributed by atoms with E-state index in [1.165, 1.54) is 16.6 Å². The number of hydrogen-bond donors (Lipinski definition) is 1. The van der Waals surface area contributed by atoms with E-state index in [0.717, 1.165) is 6.54 Å². The van der Waals surface area contributed by atoms with Crippen LogP contribution in [0.2, 0.25) is 0 Å². The molecule has 0 aliphatic carbocycles. The van der Waals surface area contributed by atoms with Crippen molar-refractivity contribution in [3.63, 3.8) is 0 Å². The van der Waals surface area contributed by atoms with E-state index in [-0.39, 0.29) is 0 Å². The summed E-state index contributed by atoms with van der Waals surface area (Å²) in [5, 5.41) is 4.73. The standard InChI is InChI=1S/C13H18N2/c1-10(2)9-14-12-4-5-13-11(8-12)6-7-15(13)3/h4-8,10,14H,9H2,1-3H3. The van der Waals surface area contributed by atoms with Crippen molar-refractivity contribution in [2.45, 2.75) is 13.8 Å². The van der Waals surface area contributed by atoms with Crippen molar-refractivity contribution in [1.82, 2.24) is 4.57 Å². The van der Waals surface area contributed by atoms with Crippen LogP contribution >= 0.6 is 0 Å². The lowest BCUT2D eigenvalue weighted by Gasteiger charge is -2.09. The van der Waals surface area contributed by atoms with E-state index in [1.54, 1.807) is 0 Å². The Kier molecular flexibility index (Phi) is 2.67. The SMILES string of the molecule is CC(C)CNc1ccc2c(ccn2C)c1. The molecule has 0 amide bonds. The first-order valence-electron chi connectivity index (χ1n) is 5.46. The Bertz CT molecular complexity index is 455. The molecule has 0 bridgehead atoms. The maximum atomic E-state index is 3.44. The molecule has 0 saturated heterocycles. The number of fused-ring (bicyclic) bond motifs is 1. The average molecular weight is 202 g/mol. The number of rotatable bonds is 3. The largest absolute Gasteiger partial charge is 0.385 e. The normalized spacial score (nSPS) is 11.2. The van der Waals surface area contributed by atoms with Crippen molar-refractivity contribution in [3.8, 4) is 0 Å². The molecule has 15 heavy (non-hydrogen) atoms. The predicted octanol–water partition coefficient (Wildman–Crippen LogP) is 3.25. The average Bonchev–Trinajstić information content (AvgIpc) is 2.57. The first-order valence-corrected chi connectivity index (χ1v) is 5.46. The van der Waals surface area contributed by atoms with Gasteiger partial charge in [0, 0.05) is 36.4 Å². The maximum Gasteiger partial charge on any atom is 0.0479 e. The van der Waals surface area contributed by atoms with Crippen molar-refractivity contribution >= 4 is 16.6 Å². The number of anilines is 1. The number of nitrogens with one attached hydrogen (secondary N) is 1. The second kappa shape index (κ2) is 3.97. The lowest BCUT2D eigenvalue weighted by Crippen LogP contribution is -2.07. The third-order valence-corrected chi connectivity index (χ3v) is 2.60. The van der Waals surface area contributed by atoms with Crippen LogP contribution in [0, 0.1) is 5.92 Å². The molecule has 0 saturated carbocycles. The fraction of sp³-hybridized carbons (Fsp3) is 0.385. The van der Waals surface area contributed by atoms with Gasteiger partial charge in [0.25, 0.3) is 0 Å². The van der Waals surface area contributed by atoms with E-state index < -0.39 is 0 Å². The summed E-state index contributed by atoms with van der Waals surface area (Å²) in [6.07, 6.45) is 2.09. The molecule has 1 heterocycles. The summed E-state index contributed by atoms with van der Waals surface area (Å²) in [6.45, 7) is 5.46. The van der Waals surface area contributed by atoms with Crippen molar-refractivity contribution < 1.29 is 0 Å². The van der Waals surface area contributed by atoms with Gasteiger partial charge < -0.3 is 9.88 Å². The zero-order chi connectivity index (χ0) is 10.8. The highest BCUT2D eigenvalue weighted by molar-refractivity contribution is 5.83. The lowest BCUT2D eigenvalue weighted by molar-refractivity contribution is 0.689. The topological polar surface area (TPSA) is 17.0 Å². The molecule has 0 aliphatic rings. The molecule has 0 fully saturated rings. The second-order valence-electron chi connectivity index (χ2n) is 4.47. The number of aromatic nitrogens is 1. The second-order valence-corrected chi connectivity index (χ2v) is 4.47. The van der Waals surface area contributed by atoms with Gasteiger partial charge in [-0.2, -0.15) is 0 Å². The zero-order valence-corrected chi connectivity index (χ0v) is 9.62. The molecular formula is C13H18N2. The Hall–Kier alpha value is -1.44. The van der Waals surface area contributed by atoms with E-state index in [1.807, 2.05) is 0 Å². The Morgan fingerprint density at radius 1 is 1.27 bits per heavy atom. The van der Waals surface area contributed by atoms with E-state index in [0.29, 0.717) is 5.92 Å². The first kappa shape index (κ1) is 10.1. The molecule has 1 N–H and O–H groups in total. The molecule has 1 aromatic heterocycles. The van der Waals surface area contributed by atoms with E-state index in [4.69, 9.17) is 0 Å². The van der Waals surface area contributed by atoms with Gasteiger partial charge >= 0.3 is 0 Å². The minimum absolute atomic E-state index is 0.677. The Labute approximate surface area is 90.9 Å². The van der Waals surface area contributed by atoms with Crippen LogP contribution in [-0.2, 0) is 7.05 Å². The molecule has 0 unspecified atom stereocenters. The fourth-order valence-corrected chi connectivity index (χ4v) is 1.71.